The number of rotatable bonds is 2. The van der Waals surface area contributed by atoms with E-state index in [4.69, 9.17) is 0 Å². The Kier molecular flexibility index (Phi) is 4.37. The predicted molar refractivity (Wildman–Crippen MR) is 67.5 cm³/mol. The Balaban J connectivity index is 2.26. The fraction of sp³-hybridized carbons (Fsp3) is 0.600. The van der Waals surface area contributed by atoms with Gasteiger partial charge in [-0.25, -0.2) is 4.39 Å². The quantitative estimate of drug-likeness (QED) is 0.782. The highest BCUT2D eigenvalue weighted by atomic mass is 19.4. The van der Waals surface area contributed by atoms with E-state index >= 15 is 0 Å². The van der Waals surface area contributed by atoms with Crippen molar-refractivity contribution in [1.29, 1.82) is 0 Å². The predicted octanol–water partition coefficient (Wildman–Crippen LogP) is 4.70. The van der Waals surface area contributed by atoms with E-state index in [1.54, 1.807) is 0 Å². The van der Waals surface area contributed by atoms with E-state index in [0.717, 1.165) is 37.8 Å². The lowest BCUT2D eigenvalue weighted by atomic mass is 9.77. The molecule has 0 aliphatic heterocycles. The smallest absolute Gasteiger partial charge is 0.388 e. The molecule has 1 aromatic carbocycles. The number of hydrogen-bond acceptors (Lipinski definition) is 1. The third-order valence-electron chi connectivity index (χ3n) is 4.07. The largest absolute Gasteiger partial charge is 0.416 e. The average molecular weight is 290 g/mol. The summed E-state index contributed by atoms with van der Waals surface area (Å²) in [4.78, 5) is 0. The van der Waals surface area contributed by atoms with Gasteiger partial charge in [-0.05, 0) is 42.9 Å². The van der Waals surface area contributed by atoms with Crippen molar-refractivity contribution in [3.8, 4) is 0 Å². The number of halogens is 4. The van der Waals surface area contributed by atoms with Crippen LogP contribution < -0.4 is 0 Å². The molecule has 0 radical (unpaired) electrons. The van der Waals surface area contributed by atoms with E-state index in [0.29, 0.717) is 12.0 Å². The highest BCUT2D eigenvalue weighted by molar-refractivity contribution is 5.29. The van der Waals surface area contributed by atoms with Gasteiger partial charge in [-0.3, -0.25) is 0 Å². The molecule has 3 unspecified atom stereocenters. The van der Waals surface area contributed by atoms with Crippen molar-refractivity contribution in [1.82, 2.24) is 0 Å². The van der Waals surface area contributed by atoms with E-state index in [9.17, 15) is 22.7 Å². The minimum atomic E-state index is -4.53. The van der Waals surface area contributed by atoms with Gasteiger partial charge in [0.05, 0.1) is 11.7 Å². The Morgan fingerprint density at radius 3 is 2.55 bits per heavy atom. The van der Waals surface area contributed by atoms with Crippen molar-refractivity contribution in [3.63, 3.8) is 0 Å². The number of alkyl halides is 3. The molecular formula is C15H18F4O. The van der Waals surface area contributed by atoms with Gasteiger partial charge < -0.3 is 5.11 Å². The van der Waals surface area contributed by atoms with E-state index in [1.165, 1.54) is 0 Å². The summed E-state index contributed by atoms with van der Waals surface area (Å²) in [6.45, 7) is 2.04. The Labute approximate surface area is 115 Å². The number of aliphatic hydroxyl groups excluding tert-OH is 1. The fourth-order valence-electron chi connectivity index (χ4n) is 2.97. The SMILES string of the molecule is CC1CCCC(C(O)c2cc(C(F)(F)F)ccc2F)C1. The third kappa shape index (κ3) is 3.32. The first-order valence-corrected chi connectivity index (χ1v) is 6.83. The minimum Gasteiger partial charge on any atom is -0.388 e. The lowest BCUT2D eigenvalue weighted by molar-refractivity contribution is -0.137. The molecular weight excluding hydrogens is 272 g/mol. The van der Waals surface area contributed by atoms with Crippen LogP contribution in [0.2, 0.25) is 0 Å². The lowest BCUT2D eigenvalue weighted by Gasteiger charge is -2.31. The molecule has 5 heteroatoms. The van der Waals surface area contributed by atoms with Gasteiger partial charge in [0, 0.05) is 5.56 Å². The topological polar surface area (TPSA) is 20.2 Å². The van der Waals surface area contributed by atoms with Crippen molar-refractivity contribution in [3.05, 3.63) is 35.1 Å². The Hall–Kier alpha value is -1.10. The minimum absolute atomic E-state index is 0.170. The van der Waals surface area contributed by atoms with Gasteiger partial charge in [-0.2, -0.15) is 13.2 Å². The van der Waals surface area contributed by atoms with Gasteiger partial charge >= 0.3 is 6.18 Å². The van der Waals surface area contributed by atoms with Crippen LogP contribution in [0, 0.1) is 17.7 Å². The van der Waals surface area contributed by atoms with Crippen molar-refractivity contribution < 1.29 is 22.7 Å². The molecule has 1 aliphatic rings. The summed E-state index contributed by atoms with van der Waals surface area (Å²) in [6, 6.07) is 2.22. The van der Waals surface area contributed by atoms with Crippen LogP contribution in [0.1, 0.15) is 49.8 Å². The molecule has 0 heterocycles. The van der Waals surface area contributed by atoms with Gasteiger partial charge in [0.2, 0.25) is 0 Å². The zero-order valence-corrected chi connectivity index (χ0v) is 11.3. The molecule has 1 aromatic rings. The van der Waals surface area contributed by atoms with E-state index < -0.39 is 23.7 Å². The molecule has 1 saturated carbocycles. The van der Waals surface area contributed by atoms with Crippen molar-refractivity contribution >= 4 is 0 Å². The molecule has 1 nitrogen and oxygen atoms in total. The van der Waals surface area contributed by atoms with Gasteiger partial charge in [0.1, 0.15) is 5.82 Å². The number of hydrogen-bond donors (Lipinski definition) is 1. The molecule has 0 bridgehead atoms. The van der Waals surface area contributed by atoms with Gasteiger partial charge in [0.25, 0.3) is 0 Å². The maximum Gasteiger partial charge on any atom is 0.416 e. The first-order chi connectivity index (χ1) is 9.29. The van der Waals surface area contributed by atoms with Crippen LogP contribution in [0.15, 0.2) is 18.2 Å². The van der Waals surface area contributed by atoms with Crippen LogP contribution in [-0.4, -0.2) is 5.11 Å². The molecule has 0 spiro atoms. The van der Waals surface area contributed by atoms with Crippen LogP contribution in [0.25, 0.3) is 0 Å². The number of aliphatic hydroxyl groups is 1. The van der Waals surface area contributed by atoms with E-state index in [1.807, 2.05) is 6.92 Å². The second-order valence-corrected chi connectivity index (χ2v) is 5.71. The van der Waals surface area contributed by atoms with Crippen molar-refractivity contribution in [2.45, 2.75) is 44.9 Å². The van der Waals surface area contributed by atoms with Gasteiger partial charge in [0.15, 0.2) is 0 Å². The molecule has 1 aliphatic carbocycles. The van der Waals surface area contributed by atoms with Gasteiger partial charge in [-0.1, -0.05) is 19.8 Å². The third-order valence-corrected chi connectivity index (χ3v) is 4.07. The molecule has 1 fully saturated rings. The molecule has 0 amide bonds. The monoisotopic (exact) mass is 290 g/mol. The summed E-state index contributed by atoms with van der Waals surface area (Å²) in [5.41, 5.74) is -1.16. The lowest BCUT2D eigenvalue weighted by Crippen LogP contribution is -2.21. The molecule has 112 valence electrons. The van der Waals surface area contributed by atoms with Crippen LogP contribution in [-0.2, 0) is 6.18 Å². The van der Waals surface area contributed by atoms with Crippen LogP contribution in [0.4, 0.5) is 17.6 Å². The maximum atomic E-state index is 13.7. The molecule has 1 N–H and O–H groups in total. The Bertz CT molecular complexity index is 469. The van der Waals surface area contributed by atoms with Gasteiger partial charge in [-0.15, -0.1) is 0 Å². The fourth-order valence-corrected chi connectivity index (χ4v) is 2.97. The van der Waals surface area contributed by atoms with E-state index in [2.05, 4.69) is 0 Å². The molecule has 0 saturated heterocycles. The zero-order chi connectivity index (χ0) is 14.9. The summed E-state index contributed by atoms with van der Waals surface area (Å²) in [5, 5.41) is 10.2. The highest BCUT2D eigenvalue weighted by Crippen LogP contribution is 2.39. The molecule has 2 rings (SSSR count). The van der Waals surface area contributed by atoms with Crippen LogP contribution in [0.3, 0.4) is 0 Å². The average Bonchev–Trinajstić information content (AvgIpc) is 2.37. The zero-order valence-electron chi connectivity index (χ0n) is 11.3. The summed E-state index contributed by atoms with van der Waals surface area (Å²) in [5.74, 6) is -0.530. The summed E-state index contributed by atoms with van der Waals surface area (Å²) in [6.07, 6.45) is -2.28. The molecule has 3 atom stereocenters. The van der Waals surface area contributed by atoms with Crippen LogP contribution >= 0.6 is 0 Å². The first kappa shape index (κ1) is 15.3. The summed E-state index contributed by atoms with van der Waals surface area (Å²) < 4.78 is 51.7. The van der Waals surface area contributed by atoms with E-state index in [-0.39, 0.29) is 11.5 Å². The Morgan fingerprint density at radius 2 is 1.95 bits per heavy atom. The molecule has 0 aromatic heterocycles. The highest BCUT2D eigenvalue weighted by Gasteiger charge is 2.33. The normalized spacial score (nSPS) is 25.5. The maximum absolute atomic E-state index is 13.7. The summed E-state index contributed by atoms with van der Waals surface area (Å²) in [7, 11) is 0. The first-order valence-electron chi connectivity index (χ1n) is 6.83. The number of benzene rings is 1. The second-order valence-electron chi connectivity index (χ2n) is 5.71. The molecule has 20 heavy (non-hydrogen) atoms. The second kappa shape index (κ2) is 5.72. The van der Waals surface area contributed by atoms with Crippen molar-refractivity contribution in [2.75, 3.05) is 0 Å². The summed E-state index contributed by atoms with van der Waals surface area (Å²) >= 11 is 0. The van der Waals surface area contributed by atoms with Crippen LogP contribution in [0.5, 0.6) is 0 Å². The standard InChI is InChI=1S/C15H18F4O/c1-9-3-2-4-10(7-9)14(20)12-8-11(15(17,18)19)5-6-13(12)16/h5-6,8-10,14,20H,2-4,7H2,1H3. The van der Waals surface area contributed by atoms with Crippen molar-refractivity contribution in [2.24, 2.45) is 11.8 Å². The Morgan fingerprint density at radius 1 is 1.25 bits per heavy atom.